The Morgan fingerprint density at radius 3 is 2.34 bits per heavy atom. The lowest BCUT2D eigenvalue weighted by molar-refractivity contribution is -0.119. The molecule has 3 aromatic carbocycles. The van der Waals surface area contributed by atoms with Gasteiger partial charge in [-0.3, -0.25) is 4.79 Å². The Morgan fingerprint density at radius 1 is 1.00 bits per heavy atom. The first-order valence-corrected chi connectivity index (χ1v) is 9.89. The molecule has 1 heterocycles. The summed E-state index contributed by atoms with van der Waals surface area (Å²) in [6.45, 7) is 0. The smallest absolute Gasteiger partial charge is 0.321 e. The van der Waals surface area contributed by atoms with Gasteiger partial charge in [-0.05, 0) is 42.5 Å². The third-order valence-electron chi connectivity index (χ3n) is 5.09. The molecule has 1 aliphatic heterocycles. The first-order chi connectivity index (χ1) is 15.5. The molecule has 0 bridgehead atoms. The third kappa shape index (κ3) is 4.15. The van der Waals surface area contributed by atoms with Gasteiger partial charge < -0.3 is 20.3 Å². The normalized spacial score (nSPS) is 15.3. The van der Waals surface area contributed by atoms with E-state index in [9.17, 15) is 14.0 Å². The number of nitrogens with zero attached hydrogens (tertiary/aromatic N) is 2. The lowest BCUT2D eigenvalue weighted by Crippen LogP contribution is -2.47. The fourth-order valence-corrected chi connectivity index (χ4v) is 3.45. The molecule has 0 aliphatic carbocycles. The van der Waals surface area contributed by atoms with Crippen molar-refractivity contribution in [3.8, 4) is 5.75 Å². The minimum absolute atomic E-state index is 0.241. The highest BCUT2D eigenvalue weighted by Crippen LogP contribution is 2.28. The van der Waals surface area contributed by atoms with Gasteiger partial charge in [0.25, 0.3) is 5.91 Å². The van der Waals surface area contributed by atoms with Gasteiger partial charge in [0.1, 0.15) is 11.6 Å². The summed E-state index contributed by atoms with van der Waals surface area (Å²) < 4.78 is 19.7. The van der Waals surface area contributed by atoms with E-state index in [1.165, 1.54) is 11.0 Å². The Labute approximate surface area is 184 Å². The third-order valence-corrected chi connectivity index (χ3v) is 5.09. The van der Waals surface area contributed by atoms with Crippen molar-refractivity contribution in [3.63, 3.8) is 0 Å². The van der Waals surface area contributed by atoms with E-state index in [0.717, 1.165) is 0 Å². The summed E-state index contributed by atoms with van der Waals surface area (Å²) in [5.74, 6) is -0.276. The number of hydrogen-bond acceptors (Lipinski definition) is 4. The van der Waals surface area contributed by atoms with E-state index in [-0.39, 0.29) is 11.3 Å². The van der Waals surface area contributed by atoms with E-state index in [1.807, 2.05) is 0 Å². The topological polar surface area (TPSA) is 83.0 Å². The molecule has 0 fully saturated rings. The van der Waals surface area contributed by atoms with Gasteiger partial charge in [-0.25, -0.2) is 14.2 Å². The summed E-state index contributed by atoms with van der Waals surface area (Å²) in [5, 5.41) is 5.25. The molecule has 32 heavy (non-hydrogen) atoms. The second kappa shape index (κ2) is 8.89. The number of rotatable bonds is 4. The Morgan fingerprint density at radius 2 is 1.66 bits per heavy atom. The molecule has 162 valence electrons. The first-order valence-electron chi connectivity index (χ1n) is 9.89. The molecule has 0 spiro atoms. The van der Waals surface area contributed by atoms with Gasteiger partial charge in [0, 0.05) is 23.9 Å². The summed E-state index contributed by atoms with van der Waals surface area (Å²) in [5.41, 5.74) is 2.20. The second-order valence-corrected chi connectivity index (χ2v) is 7.10. The van der Waals surface area contributed by atoms with Gasteiger partial charge in [0.15, 0.2) is 0 Å². The molecular weight excluding hydrogens is 411 g/mol. The number of carbonyl (C=O) groups excluding carboxylic acids is 2. The molecule has 1 atom stereocenters. The quantitative estimate of drug-likeness (QED) is 0.658. The number of urea groups is 1. The second-order valence-electron chi connectivity index (χ2n) is 7.10. The van der Waals surface area contributed by atoms with Crippen LogP contribution in [-0.2, 0) is 4.79 Å². The Bertz CT molecular complexity index is 1190. The van der Waals surface area contributed by atoms with Gasteiger partial charge >= 0.3 is 6.03 Å². The summed E-state index contributed by atoms with van der Waals surface area (Å²) in [4.78, 5) is 31.6. The number of para-hydroxylation sites is 1. The molecule has 3 aromatic rings. The number of amides is 3. The fraction of sp³-hybridized carbons (Fsp3) is 0.125. The molecule has 1 unspecified atom stereocenters. The number of fused-ring (bicyclic) bond motifs is 1. The van der Waals surface area contributed by atoms with Gasteiger partial charge in [-0.15, -0.1) is 0 Å². The predicted octanol–water partition coefficient (Wildman–Crippen LogP) is 3.80. The van der Waals surface area contributed by atoms with Crippen LogP contribution < -0.4 is 20.3 Å². The Kier molecular flexibility index (Phi) is 5.85. The van der Waals surface area contributed by atoms with Crippen LogP contribution in [0.25, 0.3) is 0 Å². The maximum absolute atomic E-state index is 14.6. The van der Waals surface area contributed by atoms with Crippen LogP contribution in [0.15, 0.2) is 77.8 Å². The number of benzodiazepines with no additional fused rings is 1. The minimum atomic E-state index is -1.25. The zero-order valence-corrected chi connectivity index (χ0v) is 17.5. The van der Waals surface area contributed by atoms with E-state index in [2.05, 4.69) is 15.6 Å². The van der Waals surface area contributed by atoms with E-state index in [1.54, 1.807) is 80.9 Å². The predicted molar refractivity (Wildman–Crippen MR) is 121 cm³/mol. The molecule has 8 heteroatoms. The van der Waals surface area contributed by atoms with Crippen molar-refractivity contribution < 1.29 is 18.7 Å². The number of methoxy groups -OCH3 is 1. The summed E-state index contributed by atoms with van der Waals surface area (Å²) in [6, 6.07) is 19.4. The van der Waals surface area contributed by atoms with E-state index in [0.29, 0.717) is 22.7 Å². The number of carbonyl (C=O) groups is 2. The number of ether oxygens (including phenoxy) is 1. The van der Waals surface area contributed by atoms with Crippen LogP contribution in [0.4, 0.5) is 20.6 Å². The summed E-state index contributed by atoms with van der Waals surface area (Å²) in [6.07, 6.45) is -1.25. The number of aliphatic imine (C=N–C) groups is 1. The van der Waals surface area contributed by atoms with Crippen molar-refractivity contribution in [2.45, 2.75) is 6.17 Å². The monoisotopic (exact) mass is 432 g/mol. The fourth-order valence-electron chi connectivity index (χ4n) is 3.45. The zero-order valence-electron chi connectivity index (χ0n) is 17.5. The average Bonchev–Trinajstić information content (AvgIpc) is 2.91. The van der Waals surface area contributed by atoms with Crippen molar-refractivity contribution in [2.75, 3.05) is 24.4 Å². The van der Waals surface area contributed by atoms with E-state index >= 15 is 0 Å². The van der Waals surface area contributed by atoms with Crippen LogP contribution in [0.1, 0.15) is 11.1 Å². The van der Waals surface area contributed by atoms with Gasteiger partial charge in [0.2, 0.25) is 6.17 Å². The molecule has 0 aromatic heterocycles. The molecule has 4 rings (SSSR count). The highest BCUT2D eigenvalue weighted by molar-refractivity contribution is 6.20. The van der Waals surface area contributed by atoms with Gasteiger partial charge in [-0.1, -0.05) is 30.3 Å². The number of nitrogens with one attached hydrogen (secondary N) is 2. The van der Waals surface area contributed by atoms with Crippen LogP contribution in [0.5, 0.6) is 5.75 Å². The maximum atomic E-state index is 14.6. The van der Waals surface area contributed by atoms with Crippen LogP contribution in [0.2, 0.25) is 0 Å². The summed E-state index contributed by atoms with van der Waals surface area (Å²) >= 11 is 0. The van der Waals surface area contributed by atoms with Crippen molar-refractivity contribution in [1.29, 1.82) is 0 Å². The van der Waals surface area contributed by atoms with Crippen LogP contribution in [-0.4, -0.2) is 38.0 Å². The summed E-state index contributed by atoms with van der Waals surface area (Å²) in [7, 11) is 3.14. The molecule has 2 N–H and O–H groups in total. The first kappa shape index (κ1) is 21.0. The molecule has 3 amide bonds. The lowest BCUT2D eigenvalue weighted by Gasteiger charge is -2.21. The van der Waals surface area contributed by atoms with E-state index < -0.39 is 23.9 Å². The van der Waals surface area contributed by atoms with Crippen molar-refractivity contribution >= 4 is 29.0 Å². The van der Waals surface area contributed by atoms with Crippen LogP contribution >= 0.6 is 0 Å². The molecule has 0 saturated heterocycles. The molecule has 7 nitrogen and oxygen atoms in total. The Balaban J connectivity index is 1.68. The van der Waals surface area contributed by atoms with Crippen molar-refractivity contribution in [2.24, 2.45) is 4.99 Å². The zero-order chi connectivity index (χ0) is 22.7. The SMILES string of the molecule is COc1ccc(NC(=O)NC2N=C(c3ccccc3F)c3ccccc3N(C)C2=O)cc1. The van der Waals surface area contributed by atoms with Gasteiger partial charge in [-0.2, -0.15) is 0 Å². The number of anilines is 2. The minimum Gasteiger partial charge on any atom is -0.497 e. The highest BCUT2D eigenvalue weighted by Gasteiger charge is 2.31. The van der Waals surface area contributed by atoms with Crippen molar-refractivity contribution in [1.82, 2.24) is 5.32 Å². The van der Waals surface area contributed by atoms with Crippen molar-refractivity contribution in [3.05, 3.63) is 89.7 Å². The number of hydrogen-bond donors (Lipinski definition) is 2. The van der Waals surface area contributed by atoms with Gasteiger partial charge in [0.05, 0.1) is 18.5 Å². The highest BCUT2D eigenvalue weighted by atomic mass is 19.1. The number of halogens is 1. The molecule has 0 radical (unpaired) electrons. The molecule has 1 aliphatic rings. The lowest BCUT2D eigenvalue weighted by atomic mass is 10.00. The number of benzene rings is 3. The van der Waals surface area contributed by atoms with Crippen LogP contribution in [0, 0.1) is 5.82 Å². The average molecular weight is 432 g/mol. The maximum Gasteiger partial charge on any atom is 0.321 e. The Hall–Kier alpha value is -4.20. The molecular formula is C24H21FN4O3. The largest absolute Gasteiger partial charge is 0.497 e. The number of likely N-dealkylation sites (N-methyl/N-ethyl adjacent to an activating group) is 1. The standard InChI is InChI=1S/C24H21FN4O3/c1-29-20-10-6-4-8-18(20)21(17-7-3-5-9-19(17)25)27-22(23(29)30)28-24(31)26-15-11-13-16(32-2)14-12-15/h3-14,22H,1-2H3,(H2,26,28,31). The molecule has 0 saturated carbocycles. The van der Waals surface area contributed by atoms with E-state index in [4.69, 9.17) is 4.74 Å². The van der Waals surface area contributed by atoms with Crippen LogP contribution in [0.3, 0.4) is 0 Å².